The molecule has 18 heavy (non-hydrogen) atoms. The number of hydrogen-bond acceptors (Lipinski definition) is 2. The highest BCUT2D eigenvalue weighted by Crippen LogP contribution is 2.30. The van der Waals surface area contributed by atoms with E-state index in [1.165, 1.54) is 6.07 Å². The molecule has 2 aromatic rings. The summed E-state index contributed by atoms with van der Waals surface area (Å²) in [5.41, 5.74) is -0.515. The first-order chi connectivity index (χ1) is 8.38. The lowest BCUT2D eigenvalue weighted by Gasteiger charge is -2.19. The van der Waals surface area contributed by atoms with Crippen LogP contribution in [0.15, 0.2) is 36.4 Å². The van der Waals surface area contributed by atoms with Gasteiger partial charge in [-0.3, -0.25) is 5.11 Å². The predicted octanol–water partition coefficient (Wildman–Crippen LogP) is 3.94. The molecule has 93 valence electrons. The Morgan fingerprint density at radius 2 is 1.72 bits per heavy atom. The fraction of sp³-hybridized carbons (Fsp3) is 0.267. The molecule has 2 aromatic carbocycles. The molecule has 0 aliphatic carbocycles. The van der Waals surface area contributed by atoms with Crippen LogP contribution < -0.4 is 0 Å². The summed E-state index contributed by atoms with van der Waals surface area (Å²) in [6, 6.07) is 10.5. The van der Waals surface area contributed by atoms with Crippen LogP contribution in [0.25, 0.3) is 10.8 Å². The van der Waals surface area contributed by atoms with Crippen LogP contribution in [-0.2, 0) is 9.84 Å². The topological polar surface area (TPSA) is 46.2 Å². The van der Waals surface area contributed by atoms with E-state index in [0.717, 1.165) is 5.39 Å². The van der Waals surface area contributed by atoms with Crippen LogP contribution in [0, 0.1) is 0 Å². The Morgan fingerprint density at radius 3 is 2.39 bits per heavy atom. The SMILES string of the molecule is CC(C)(C)OC(=O)c1ccc2ccccc2c1[O]. The third-order valence-corrected chi connectivity index (χ3v) is 2.50. The Kier molecular flexibility index (Phi) is 2.99. The Labute approximate surface area is 106 Å². The van der Waals surface area contributed by atoms with Crippen molar-refractivity contribution >= 4 is 16.7 Å². The minimum atomic E-state index is -0.602. The van der Waals surface area contributed by atoms with Gasteiger partial charge in [0.05, 0.1) is 0 Å². The molecule has 3 nitrogen and oxygen atoms in total. The average Bonchev–Trinajstić information content (AvgIpc) is 2.27. The van der Waals surface area contributed by atoms with Crippen LogP contribution in [-0.4, -0.2) is 11.6 Å². The molecule has 0 heterocycles. The molecule has 2 rings (SSSR count). The van der Waals surface area contributed by atoms with Crippen LogP contribution in [0.5, 0.6) is 5.75 Å². The van der Waals surface area contributed by atoms with Crippen LogP contribution >= 0.6 is 0 Å². The summed E-state index contributed by atoms with van der Waals surface area (Å²) in [5.74, 6) is -0.847. The van der Waals surface area contributed by atoms with E-state index in [1.807, 2.05) is 12.1 Å². The highest BCUT2D eigenvalue weighted by atomic mass is 16.6. The van der Waals surface area contributed by atoms with Gasteiger partial charge in [-0.15, -0.1) is 0 Å². The molecule has 0 N–H and O–H groups in total. The number of benzene rings is 2. The zero-order valence-corrected chi connectivity index (χ0v) is 10.7. The van der Waals surface area contributed by atoms with Gasteiger partial charge in [0.25, 0.3) is 0 Å². The molecule has 0 fully saturated rings. The lowest BCUT2D eigenvalue weighted by Crippen LogP contribution is -2.23. The first-order valence-corrected chi connectivity index (χ1v) is 5.80. The van der Waals surface area contributed by atoms with Gasteiger partial charge in [0.1, 0.15) is 11.2 Å². The predicted molar refractivity (Wildman–Crippen MR) is 69.2 cm³/mol. The molecule has 0 aliphatic rings. The van der Waals surface area contributed by atoms with Crippen LogP contribution in [0.2, 0.25) is 0 Å². The van der Waals surface area contributed by atoms with Gasteiger partial charge in [-0.1, -0.05) is 30.3 Å². The van der Waals surface area contributed by atoms with E-state index < -0.39 is 11.6 Å². The Morgan fingerprint density at radius 1 is 1.06 bits per heavy atom. The second kappa shape index (κ2) is 4.33. The molecular formula is C15H15O3. The Hall–Kier alpha value is -2.03. The van der Waals surface area contributed by atoms with E-state index in [2.05, 4.69) is 0 Å². The van der Waals surface area contributed by atoms with Gasteiger partial charge in [0.15, 0.2) is 0 Å². The highest BCUT2D eigenvalue weighted by molar-refractivity contribution is 6.01. The number of rotatable bonds is 1. The van der Waals surface area contributed by atoms with E-state index in [0.29, 0.717) is 5.39 Å². The Balaban J connectivity index is 2.46. The smallest absolute Gasteiger partial charge is 0.342 e. The van der Waals surface area contributed by atoms with Crippen molar-refractivity contribution in [1.29, 1.82) is 0 Å². The molecule has 0 saturated heterocycles. The normalized spacial score (nSPS) is 11.5. The summed E-state index contributed by atoms with van der Waals surface area (Å²) in [5, 5.41) is 13.5. The van der Waals surface area contributed by atoms with E-state index in [1.54, 1.807) is 39.0 Å². The number of esters is 1. The number of ether oxygens (including phenoxy) is 1. The molecule has 0 bridgehead atoms. The molecule has 1 radical (unpaired) electrons. The third-order valence-electron chi connectivity index (χ3n) is 2.50. The number of carbonyl (C=O) groups is 1. The minimum Gasteiger partial charge on any atom is -0.456 e. The molecule has 3 heteroatoms. The molecular weight excluding hydrogens is 228 g/mol. The van der Waals surface area contributed by atoms with Crippen molar-refractivity contribution in [1.82, 2.24) is 0 Å². The van der Waals surface area contributed by atoms with Crippen molar-refractivity contribution in [3.63, 3.8) is 0 Å². The quantitative estimate of drug-likeness (QED) is 0.712. The Bertz CT molecular complexity index is 594. The van der Waals surface area contributed by atoms with Gasteiger partial charge in [0.2, 0.25) is 5.75 Å². The molecule has 0 amide bonds. The highest BCUT2D eigenvalue weighted by Gasteiger charge is 2.22. The second-order valence-electron chi connectivity index (χ2n) is 5.17. The van der Waals surface area contributed by atoms with E-state index >= 15 is 0 Å². The van der Waals surface area contributed by atoms with Crippen molar-refractivity contribution in [2.45, 2.75) is 26.4 Å². The van der Waals surface area contributed by atoms with E-state index in [4.69, 9.17) is 4.74 Å². The molecule has 0 atom stereocenters. The monoisotopic (exact) mass is 243 g/mol. The third kappa shape index (κ3) is 2.45. The summed E-state index contributed by atoms with van der Waals surface area (Å²) in [7, 11) is 0. The van der Waals surface area contributed by atoms with Gasteiger partial charge in [0, 0.05) is 5.39 Å². The summed E-state index contributed by atoms with van der Waals surface area (Å²) in [6.07, 6.45) is 0. The molecule has 0 saturated carbocycles. The summed E-state index contributed by atoms with van der Waals surface area (Å²) >= 11 is 0. The van der Waals surface area contributed by atoms with Crippen molar-refractivity contribution < 1.29 is 14.6 Å². The molecule has 0 unspecified atom stereocenters. The molecule has 0 spiro atoms. The maximum absolute atomic E-state index is 12.2. The largest absolute Gasteiger partial charge is 0.456 e. The van der Waals surface area contributed by atoms with Crippen molar-refractivity contribution in [3.05, 3.63) is 42.0 Å². The second-order valence-corrected chi connectivity index (χ2v) is 5.17. The van der Waals surface area contributed by atoms with Gasteiger partial charge >= 0.3 is 5.97 Å². The zero-order chi connectivity index (χ0) is 13.3. The van der Waals surface area contributed by atoms with Gasteiger partial charge in [-0.05, 0) is 32.2 Å². The lowest BCUT2D eigenvalue weighted by atomic mass is 10.1. The van der Waals surface area contributed by atoms with E-state index in [9.17, 15) is 9.90 Å². The zero-order valence-electron chi connectivity index (χ0n) is 10.7. The van der Waals surface area contributed by atoms with Crippen molar-refractivity contribution in [3.8, 4) is 5.75 Å². The number of fused-ring (bicyclic) bond motifs is 1. The van der Waals surface area contributed by atoms with Crippen molar-refractivity contribution in [2.24, 2.45) is 0 Å². The fourth-order valence-corrected chi connectivity index (χ4v) is 1.74. The summed E-state index contributed by atoms with van der Waals surface area (Å²) in [4.78, 5) is 11.9. The fourth-order valence-electron chi connectivity index (χ4n) is 1.74. The number of carbonyl (C=O) groups excluding carboxylic acids is 1. The maximum Gasteiger partial charge on any atom is 0.342 e. The minimum absolute atomic E-state index is 0.0867. The summed E-state index contributed by atoms with van der Waals surface area (Å²) in [6.45, 7) is 5.32. The molecule has 0 aliphatic heterocycles. The van der Waals surface area contributed by atoms with Crippen LogP contribution in [0.1, 0.15) is 31.1 Å². The lowest BCUT2D eigenvalue weighted by molar-refractivity contribution is 0.00657. The van der Waals surface area contributed by atoms with Gasteiger partial charge < -0.3 is 4.74 Å². The van der Waals surface area contributed by atoms with Crippen molar-refractivity contribution in [2.75, 3.05) is 0 Å². The van der Waals surface area contributed by atoms with Crippen LogP contribution in [0.4, 0.5) is 0 Å². The average molecular weight is 243 g/mol. The first-order valence-electron chi connectivity index (χ1n) is 5.80. The first kappa shape index (κ1) is 12.4. The van der Waals surface area contributed by atoms with E-state index in [-0.39, 0.29) is 11.3 Å². The van der Waals surface area contributed by atoms with Gasteiger partial charge in [-0.25, -0.2) is 4.79 Å². The van der Waals surface area contributed by atoms with Gasteiger partial charge in [-0.2, -0.15) is 0 Å². The summed E-state index contributed by atoms with van der Waals surface area (Å²) < 4.78 is 5.21. The maximum atomic E-state index is 12.2. The van der Waals surface area contributed by atoms with Crippen LogP contribution in [0.3, 0.4) is 0 Å². The molecule has 0 aromatic heterocycles. The number of hydrogen-bond donors (Lipinski definition) is 0. The standard InChI is InChI=1S/C15H15O3/c1-15(2,3)18-14(17)12-9-8-10-6-4-5-7-11(10)13(12)16/h4-9H,1-3H3.